The molecule has 186 valence electrons. The SMILES string of the molecule is COCOc1ccccc1-c1ccc(N)cc1Cc1nn(C2CCN(C(=O)O)CC2)c2ccnnc12. The summed E-state index contributed by atoms with van der Waals surface area (Å²) in [7, 11) is 1.59. The normalized spacial score (nSPS) is 14.3. The number of methoxy groups -OCH3 is 1. The number of nitrogens with zero attached hydrogens (tertiary/aromatic N) is 5. The van der Waals surface area contributed by atoms with Gasteiger partial charge < -0.3 is 25.2 Å². The molecule has 0 radical (unpaired) electrons. The minimum atomic E-state index is -0.880. The van der Waals surface area contributed by atoms with Crippen LogP contribution in [0.3, 0.4) is 0 Å². The molecule has 0 spiro atoms. The Hall–Kier alpha value is -4.18. The van der Waals surface area contributed by atoms with Crippen LogP contribution < -0.4 is 10.5 Å². The first-order chi connectivity index (χ1) is 17.5. The molecule has 0 unspecified atom stereocenters. The summed E-state index contributed by atoms with van der Waals surface area (Å²) in [5, 5.41) is 22.8. The molecule has 10 heteroatoms. The fourth-order valence-corrected chi connectivity index (χ4v) is 4.79. The molecule has 0 saturated carbocycles. The van der Waals surface area contributed by atoms with Gasteiger partial charge in [-0.1, -0.05) is 24.3 Å². The summed E-state index contributed by atoms with van der Waals surface area (Å²) in [4.78, 5) is 12.8. The van der Waals surface area contributed by atoms with E-state index in [0.717, 1.165) is 33.4 Å². The zero-order valence-electron chi connectivity index (χ0n) is 20.0. The van der Waals surface area contributed by atoms with Crippen LogP contribution >= 0.6 is 0 Å². The van der Waals surface area contributed by atoms with Gasteiger partial charge in [-0.05, 0) is 48.2 Å². The third kappa shape index (κ3) is 4.67. The zero-order valence-corrected chi connectivity index (χ0v) is 20.0. The standard InChI is InChI=1S/C26H28N6O4/c1-35-16-36-24-5-3-2-4-21(24)20-7-6-18(27)14-17(20)15-22-25-23(8-11-28-29-25)32(30-22)19-9-12-31(13-10-19)26(33)34/h2-8,11,14,19H,9-10,12-13,15-16,27H2,1H3,(H,33,34). The molecule has 0 bridgehead atoms. The van der Waals surface area contributed by atoms with E-state index in [4.69, 9.17) is 20.3 Å². The molecular weight excluding hydrogens is 460 g/mol. The summed E-state index contributed by atoms with van der Waals surface area (Å²) in [6, 6.07) is 15.6. The highest BCUT2D eigenvalue weighted by Crippen LogP contribution is 2.35. The van der Waals surface area contributed by atoms with Gasteiger partial charge in [0.2, 0.25) is 0 Å². The Morgan fingerprint density at radius 2 is 1.94 bits per heavy atom. The maximum absolute atomic E-state index is 11.3. The van der Waals surface area contributed by atoms with Crippen LogP contribution in [0, 0.1) is 0 Å². The summed E-state index contributed by atoms with van der Waals surface area (Å²) in [5.74, 6) is 0.714. The van der Waals surface area contributed by atoms with Crippen molar-refractivity contribution in [1.82, 2.24) is 24.9 Å². The van der Waals surface area contributed by atoms with E-state index in [2.05, 4.69) is 10.2 Å². The molecule has 10 nitrogen and oxygen atoms in total. The minimum Gasteiger partial charge on any atom is -0.467 e. The fraction of sp³-hybridized carbons (Fsp3) is 0.308. The molecular formula is C26H28N6O4. The first-order valence-electron chi connectivity index (χ1n) is 11.8. The van der Waals surface area contributed by atoms with Crippen molar-refractivity contribution in [2.24, 2.45) is 0 Å². The molecule has 1 saturated heterocycles. The van der Waals surface area contributed by atoms with E-state index >= 15 is 0 Å². The second kappa shape index (κ2) is 10.2. The number of fused-ring (bicyclic) bond motifs is 1. The highest BCUT2D eigenvalue weighted by molar-refractivity contribution is 5.79. The average Bonchev–Trinajstić information content (AvgIpc) is 3.26. The minimum absolute atomic E-state index is 0.0875. The van der Waals surface area contributed by atoms with Crippen LogP contribution in [-0.2, 0) is 11.2 Å². The predicted molar refractivity (Wildman–Crippen MR) is 135 cm³/mol. The zero-order chi connectivity index (χ0) is 25.1. The van der Waals surface area contributed by atoms with Crippen molar-refractivity contribution in [2.45, 2.75) is 25.3 Å². The van der Waals surface area contributed by atoms with Crippen LogP contribution in [-0.4, -0.2) is 63.1 Å². The number of nitrogens with two attached hydrogens (primary N) is 1. The van der Waals surface area contributed by atoms with E-state index in [-0.39, 0.29) is 12.8 Å². The van der Waals surface area contributed by atoms with Gasteiger partial charge in [0.1, 0.15) is 11.3 Å². The summed E-state index contributed by atoms with van der Waals surface area (Å²) in [6.07, 6.45) is 2.66. The lowest BCUT2D eigenvalue weighted by Gasteiger charge is -2.30. The number of likely N-dealkylation sites (tertiary alicyclic amines) is 1. The fourth-order valence-electron chi connectivity index (χ4n) is 4.79. The second-order valence-electron chi connectivity index (χ2n) is 8.80. The van der Waals surface area contributed by atoms with E-state index < -0.39 is 6.09 Å². The molecule has 1 aliphatic heterocycles. The Morgan fingerprint density at radius 3 is 2.72 bits per heavy atom. The number of carboxylic acid groups (broad SMARTS) is 1. The number of rotatable bonds is 7. The number of ether oxygens (including phenoxy) is 2. The Morgan fingerprint density at radius 1 is 1.14 bits per heavy atom. The number of hydrogen-bond acceptors (Lipinski definition) is 7. The van der Waals surface area contributed by atoms with E-state index in [1.165, 1.54) is 4.90 Å². The van der Waals surface area contributed by atoms with Gasteiger partial charge in [0.05, 0.1) is 23.4 Å². The second-order valence-corrected chi connectivity index (χ2v) is 8.80. The van der Waals surface area contributed by atoms with Crippen molar-refractivity contribution in [1.29, 1.82) is 0 Å². The number of benzene rings is 2. The van der Waals surface area contributed by atoms with Gasteiger partial charge in [0.25, 0.3) is 0 Å². The molecule has 4 aromatic rings. The molecule has 0 atom stereocenters. The van der Waals surface area contributed by atoms with E-state index in [1.54, 1.807) is 13.3 Å². The third-order valence-electron chi connectivity index (χ3n) is 6.53. The smallest absolute Gasteiger partial charge is 0.407 e. The van der Waals surface area contributed by atoms with Gasteiger partial charge in [-0.25, -0.2) is 4.79 Å². The van der Waals surface area contributed by atoms with E-state index in [9.17, 15) is 9.90 Å². The van der Waals surface area contributed by atoms with Gasteiger partial charge in [0.15, 0.2) is 6.79 Å². The van der Waals surface area contributed by atoms with Crippen molar-refractivity contribution in [3.8, 4) is 16.9 Å². The maximum Gasteiger partial charge on any atom is 0.407 e. The molecule has 2 aromatic heterocycles. The first kappa shape index (κ1) is 23.6. The number of hydrogen-bond donors (Lipinski definition) is 2. The Balaban J connectivity index is 1.52. The molecule has 1 fully saturated rings. The Kier molecular flexibility index (Phi) is 6.68. The number of nitrogen functional groups attached to an aromatic ring is 1. The molecule has 1 amide bonds. The van der Waals surface area contributed by atoms with Crippen molar-refractivity contribution in [2.75, 3.05) is 32.7 Å². The molecule has 5 rings (SSSR count). The van der Waals surface area contributed by atoms with Gasteiger partial charge >= 0.3 is 6.09 Å². The quantitative estimate of drug-likeness (QED) is 0.295. The molecule has 36 heavy (non-hydrogen) atoms. The van der Waals surface area contributed by atoms with Gasteiger partial charge in [-0.15, -0.1) is 5.10 Å². The van der Waals surface area contributed by atoms with Gasteiger partial charge in [-0.2, -0.15) is 10.2 Å². The molecule has 3 N–H and O–H groups in total. The van der Waals surface area contributed by atoms with Crippen LogP contribution in [0.25, 0.3) is 22.2 Å². The van der Waals surface area contributed by atoms with E-state index in [0.29, 0.717) is 43.8 Å². The molecule has 3 heterocycles. The van der Waals surface area contributed by atoms with Crippen LogP contribution in [0.5, 0.6) is 5.75 Å². The Bertz CT molecular complexity index is 1380. The van der Waals surface area contributed by atoms with Crippen molar-refractivity contribution >= 4 is 22.8 Å². The average molecular weight is 489 g/mol. The van der Waals surface area contributed by atoms with Crippen LogP contribution in [0.15, 0.2) is 54.7 Å². The summed E-state index contributed by atoms with van der Waals surface area (Å²) < 4.78 is 12.9. The number of aromatic nitrogens is 4. The van der Waals surface area contributed by atoms with Gasteiger partial charge in [-0.3, -0.25) is 4.68 Å². The first-order valence-corrected chi connectivity index (χ1v) is 11.8. The largest absolute Gasteiger partial charge is 0.467 e. The highest BCUT2D eigenvalue weighted by Gasteiger charge is 2.26. The highest BCUT2D eigenvalue weighted by atomic mass is 16.7. The topological polar surface area (TPSA) is 129 Å². The number of piperidine rings is 1. The van der Waals surface area contributed by atoms with Crippen molar-refractivity contribution in [3.63, 3.8) is 0 Å². The number of anilines is 1. The molecule has 2 aromatic carbocycles. The maximum atomic E-state index is 11.3. The lowest BCUT2D eigenvalue weighted by Crippen LogP contribution is -2.38. The van der Waals surface area contributed by atoms with Crippen molar-refractivity contribution < 1.29 is 19.4 Å². The molecule has 0 aliphatic carbocycles. The van der Waals surface area contributed by atoms with Crippen molar-refractivity contribution in [3.05, 3.63) is 66.0 Å². The van der Waals surface area contributed by atoms with E-state index in [1.807, 2.05) is 53.2 Å². The number of para-hydroxylation sites is 1. The summed E-state index contributed by atoms with van der Waals surface area (Å²) in [5.41, 5.74) is 12.2. The monoisotopic (exact) mass is 488 g/mol. The lowest BCUT2D eigenvalue weighted by atomic mass is 9.95. The van der Waals surface area contributed by atoms with Crippen LogP contribution in [0.1, 0.15) is 30.1 Å². The van der Waals surface area contributed by atoms with Crippen LogP contribution in [0.2, 0.25) is 0 Å². The molecule has 1 aliphatic rings. The number of amides is 1. The summed E-state index contributed by atoms with van der Waals surface area (Å²) >= 11 is 0. The predicted octanol–water partition coefficient (Wildman–Crippen LogP) is 3.96. The van der Waals surface area contributed by atoms with Gasteiger partial charge in [0, 0.05) is 37.9 Å². The number of carbonyl (C=O) groups is 1. The third-order valence-corrected chi connectivity index (χ3v) is 6.53. The summed E-state index contributed by atoms with van der Waals surface area (Å²) in [6.45, 7) is 1.10. The lowest BCUT2D eigenvalue weighted by molar-refractivity contribution is 0.0515. The Labute approximate surface area is 208 Å². The van der Waals surface area contributed by atoms with Crippen LogP contribution in [0.4, 0.5) is 10.5 Å².